The smallest absolute Gasteiger partial charge is 0.124 e. The summed E-state index contributed by atoms with van der Waals surface area (Å²) < 4.78 is 0.910. The Morgan fingerprint density at radius 3 is 2.63 bits per heavy atom. The number of hydrogen-bond donors (Lipinski definition) is 3. The van der Waals surface area contributed by atoms with E-state index < -0.39 is 0 Å². The fourth-order valence-electron chi connectivity index (χ4n) is 1.67. The van der Waals surface area contributed by atoms with Crippen LogP contribution in [0.25, 0.3) is 0 Å². The van der Waals surface area contributed by atoms with Crippen LogP contribution in [0.15, 0.2) is 34.8 Å². The van der Waals surface area contributed by atoms with Crippen molar-refractivity contribution in [1.82, 2.24) is 0 Å². The topological polar surface area (TPSA) is 52.5 Å². The number of benzene rings is 2. The molecule has 0 saturated carbocycles. The molecule has 0 amide bonds. The van der Waals surface area contributed by atoms with E-state index in [4.69, 9.17) is 11.6 Å². The number of anilines is 1. The molecule has 0 saturated heterocycles. The minimum absolute atomic E-state index is 0.0424. The van der Waals surface area contributed by atoms with E-state index in [1.165, 1.54) is 12.1 Å². The van der Waals surface area contributed by atoms with Crippen LogP contribution in [-0.4, -0.2) is 10.2 Å². The summed E-state index contributed by atoms with van der Waals surface area (Å²) in [6.45, 7) is 2.37. The zero-order chi connectivity index (χ0) is 14.0. The number of phenolic OH excluding ortho intramolecular Hbond substituents is 2. The first kappa shape index (κ1) is 14.0. The number of phenols is 2. The molecular formula is C14H13BrClNO2. The van der Waals surface area contributed by atoms with Crippen LogP contribution in [0.1, 0.15) is 11.1 Å². The molecule has 2 aromatic rings. The summed E-state index contributed by atoms with van der Waals surface area (Å²) in [5.41, 5.74) is 2.54. The van der Waals surface area contributed by atoms with Crippen molar-refractivity contribution in [2.75, 3.05) is 5.32 Å². The molecule has 0 bridgehead atoms. The van der Waals surface area contributed by atoms with Gasteiger partial charge in [0.15, 0.2) is 0 Å². The quantitative estimate of drug-likeness (QED) is 0.773. The molecule has 0 radical (unpaired) electrons. The molecule has 2 aromatic carbocycles. The fraction of sp³-hybridized carbons (Fsp3) is 0.143. The van der Waals surface area contributed by atoms with Crippen molar-refractivity contribution >= 4 is 33.2 Å². The highest BCUT2D eigenvalue weighted by atomic mass is 79.9. The maximum atomic E-state index is 9.70. The Hall–Kier alpha value is -1.39. The fourth-order valence-corrected chi connectivity index (χ4v) is 2.44. The van der Waals surface area contributed by atoms with Crippen LogP contribution in [0, 0.1) is 6.92 Å². The van der Waals surface area contributed by atoms with E-state index in [1.54, 1.807) is 6.07 Å². The summed E-state index contributed by atoms with van der Waals surface area (Å²) in [6, 6.07) is 8.28. The minimum atomic E-state index is 0.0424. The van der Waals surface area contributed by atoms with Crippen LogP contribution in [0.4, 0.5) is 5.69 Å². The van der Waals surface area contributed by atoms with Crippen LogP contribution in [-0.2, 0) is 6.54 Å². The minimum Gasteiger partial charge on any atom is -0.508 e. The van der Waals surface area contributed by atoms with E-state index in [-0.39, 0.29) is 11.5 Å². The zero-order valence-corrected chi connectivity index (χ0v) is 12.6. The monoisotopic (exact) mass is 341 g/mol. The van der Waals surface area contributed by atoms with Gasteiger partial charge in [0.25, 0.3) is 0 Å². The number of nitrogens with one attached hydrogen (secondary N) is 1. The number of halogens is 2. The summed E-state index contributed by atoms with van der Waals surface area (Å²) in [5.74, 6) is 0.0997. The van der Waals surface area contributed by atoms with Gasteiger partial charge in [-0.25, -0.2) is 0 Å². The zero-order valence-electron chi connectivity index (χ0n) is 10.2. The first-order valence-electron chi connectivity index (χ1n) is 5.68. The van der Waals surface area contributed by atoms with Gasteiger partial charge in [-0.15, -0.1) is 0 Å². The summed E-state index contributed by atoms with van der Waals surface area (Å²) in [7, 11) is 0. The van der Waals surface area contributed by atoms with Crippen molar-refractivity contribution in [1.29, 1.82) is 0 Å². The second-order valence-corrected chi connectivity index (χ2v) is 5.51. The third-order valence-electron chi connectivity index (χ3n) is 2.79. The third-order valence-corrected chi connectivity index (χ3v) is 3.85. The van der Waals surface area contributed by atoms with Crippen LogP contribution in [0.2, 0.25) is 5.02 Å². The molecule has 2 rings (SSSR count). The Morgan fingerprint density at radius 2 is 1.95 bits per heavy atom. The first-order valence-corrected chi connectivity index (χ1v) is 6.85. The molecule has 0 aliphatic rings. The number of aryl methyl sites for hydroxylation is 1. The van der Waals surface area contributed by atoms with Gasteiger partial charge in [0.05, 0.1) is 5.69 Å². The van der Waals surface area contributed by atoms with E-state index in [1.807, 2.05) is 19.1 Å². The second-order valence-electron chi connectivity index (χ2n) is 4.25. The summed E-state index contributed by atoms with van der Waals surface area (Å²) in [6.07, 6.45) is 0. The van der Waals surface area contributed by atoms with Crippen molar-refractivity contribution in [3.05, 3.63) is 51.0 Å². The molecule has 0 fully saturated rings. The van der Waals surface area contributed by atoms with Crippen molar-refractivity contribution in [2.45, 2.75) is 13.5 Å². The number of aromatic hydroxyl groups is 2. The molecule has 0 heterocycles. The summed E-state index contributed by atoms with van der Waals surface area (Å²) >= 11 is 9.54. The van der Waals surface area contributed by atoms with Gasteiger partial charge >= 0.3 is 0 Å². The molecule has 0 aliphatic carbocycles. The van der Waals surface area contributed by atoms with E-state index in [2.05, 4.69) is 21.2 Å². The highest BCUT2D eigenvalue weighted by Crippen LogP contribution is 2.30. The van der Waals surface area contributed by atoms with Gasteiger partial charge in [-0.3, -0.25) is 0 Å². The maximum Gasteiger partial charge on any atom is 0.124 e. The van der Waals surface area contributed by atoms with Gasteiger partial charge in [0.2, 0.25) is 0 Å². The Morgan fingerprint density at radius 1 is 1.21 bits per heavy atom. The molecule has 0 atom stereocenters. The summed E-state index contributed by atoms with van der Waals surface area (Å²) in [4.78, 5) is 0. The van der Waals surface area contributed by atoms with Crippen LogP contribution < -0.4 is 5.32 Å². The van der Waals surface area contributed by atoms with Gasteiger partial charge in [-0.2, -0.15) is 0 Å². The van der Waals surface area contributed by atoms with Crippen LogP contribution in [0.3, 0.4) is 0 Å². The van der Waals surface area contributed by atoms with Gasteiger partial charge in [-0.05, 0) is 52.7 Å². The van der Waals surface area contributed by atoms with E-state index in [0.29, 0.717) is 17.1 Å². The van der Waals surface area contributed by atoms with E-state index in [0.717, 1.165) is 15.7 Å². The molecule has 3 N–H and O–H groups in total. The third kappa shape index (κ3) is 3.33. The Kier molecular flexibility index (Phi) is 4.22. The molecule has 100 valence electrons. The average molecular weight is 343 g/mol. The van der Waals surface area contributed by atoms with E-state index in [9.17, 15) is 10.2 Å². The Labute approximate surface area is 125 Å². The molecular weight excluding hydrogens is 330 g/mol. The molecule has 5 heteroatoms. The lowest BCUT2D eigenvalue weighted by molar-refractivity contribution is 0.446. The molecule has 0 aromatic heterocycles. The number of hydrogen-bond acceptors (Lipinski definition) is 3. The molecule has 3 nitrogen and oxygen atoms in total. The maximum absolute atomic E-state index is 9.70. The molecule has 19 heavy (non-hydrogen) atoms. The second kappa shape index (κ2) is 5.72. The van der Waals surface area contributed by atoms with Crippen molar-refractivity contribution in [3.63, 3.8) is 0 Å². The lowest BCUT2D eigenvalue weighted by Gasteiger charge is -2.11. The van der Waals surface area contributed by atoms with Gasteiger partial charge in [-0.1, -0.05) is 11.6 Å². The van der Waals surface area contributed by atoms with Crippen LogP contribution >= 0.6 is 27.5 Å². The van der Waals surface area contributed by atoms with E-state index >= 15 is 0 Å². The van der Waals surface area contributed by atoms with Crippen molar-refractivity contribution < 1.29 is 10.2 Å². The average Bonchev–Trinajstić information content (AvgIpc) is 2.34. The Balaban J connectivity index is 2.16. The summed E-state index contributed by atoms with van der Waals surface area (Å²) in [5, 5.41) is 22.8. The normalized spacial score (nSPS) is 10.5. The molecule has 0 spiro atoms. The number of rotatable bonds is 3. The van der Waals surface area contributed by atoms with Gasteiger partial charge in [0.1, 0.15) is 11.5 Å². The Bertz CT molecular complexity index is 617. The highest BCUT2D eigenvalue weighted by molar-refractivity contribution is 9.10. The predicted molar refractivity (Wildman–Crippen MR) is 81.0 cm³/mol. The van der Waals surface area contributed by atoms with Gasteiger partial charge < -0.3 is 15.5 Å². The van der Waals surface area contributed by atoms with Crippen molar-refractivity contribution in [2.24, 2.45) is 0 Å². The predicted octanol–water partition coefficient (Wildman–Crippen LogP) is 4.43. The van der Waals surface area contributed by atoms with Crippen molar-refractivity contribution in [3.8, 4) is 11.5 Å². The lowest BCUT2D eigenvalue weighted by Crippen LogP contribution is -2.00. The highest BCUT2D eigenvalue weighted by Gasteiger charge is 2.06. The largest absolute Gasteiger partial charge is 0.508 e. The SMILES string of the molecule is Cc1cc(Br)c(NCc2ccc(O)cc2O)cc1Cl. The standard InChI is InChI=1S/C14H13BrClNO2/c1-8-4-11(15)13(6-12(8)16)17-7-9-2-3-10(18)5-14(9)19/h2-6,17-19H,7H2,1H3. The lowest BCUT2D eigenvalue weighted by atomic mass is 10.1. The molecule has 0 unspecified atom stereocenters. The first-order chi connectivity index (χ1) is 8.97. The molecule has 0 aliphatic heterocycles. The van der Waals surface area contributed by atoms with Gasteiger partial charge in [0, 0.05) is 27.7 Å². The van der Waals surface area contributed by atoms with Crippen LogP contribution in [0.5, 0.6) is 11.5 Å².